The van der Waals surface area contributed by atoms with E-state index < -0.39 is 5.92 Å². The number of nitrogens with one attached hydrogen (secondary N) is 1. The second-order valence-electron chi connectivity index (χ2n) is 9.95. The molecular formula is C28H26ClN5O. The van der Waals surface area contributed by atoms with Crippen LogP contribution in [-0.4, -0.2) is 16.0 Å². The van der Waals surface area contributed by atoms with Crippen molar-refractivity contribution >= 4 is 23.2 Å². The van der Waals surface area contributed by atoms with Gasteiger partial charge in [-0.15, -0.1) is 0 Å². The standard InChI is InChI=1S/C28H26ClN5O/c1-16-23(17-7-5-4-6-8-17)27(33-32-16)34-21-13-28(2,3)14-22(35)25(21)24(20(15-30)26(34)31)18-9-11-19(29)12-10-18/h4-12,24H,13-14,31H2,1-3H3,(H,32,33). The van der Waals surface area contributed by atoms with Gasteiger partial charge in [-0.3, -0.25) is 14.8 Å². The van der Waals surface area contributed by atoms with Gasteiger partial charge in [0.15, 0.2) is 11.6 Å². The molecule has 0 spiro atoms. The highest BCUT2D eigenvalue weighted by Gasteiger charge is 2.45. The van der Waals surface area contributed by atoms with Crippen LogP contribution in [0.25, 0.3) is 11.1 Å². The number of carbonyl (C=O) groups excluding carboxylic acids is 1. The van der Waals surface area contributed by atoms with E-state index in [1.807, 2.05) is 54.3 Å². The molecule has 5 rings (SSSR count). The van der Waals surface area contributed by atoms with Crippen LogP contribution in [0.4, 0.5) is 5.82 Å². The molecule has 0 bridgehead atoms. The van der Waals surface area contributed by atoms with E-state index in [0.717, 1.165) is 28.1 Å². The SMILES string of the molecule is Cc1[nH]nc(N2C(N)=C(C#N)C(c3ccc(Cl)cc3)C3=C2CC(C)(C)CC3=O)c1-c1ccccc1. The Hall–Kier alpha value is -3.82. The minimum absolute atomic E-state index is 0.0231. The average molecular weight is 484 g/mol. The Bertz CT molecular complexity index is 1420. The molecule has 1 aliphatic carbocycles. The molecule has 1 unspecified atom stereocenters. The molecule has 0 saturated heterocycles. The van der Waals surface area contributed by atoms with Gasteiger partial charge < -0.3 is 5.73 Å². The van der Waals surface area contributed by atoms with Crippen LogP contribution in [0, 0.1) is 23.7 Å². The topological polar surface area (TPSA) is 98.8 Å². The van der Waals surface area contributed by atoms with Crippen molar-refractivity contribution in [1.29, 1.82) is 5.26 Å². The molecule has 35 heavy (non-hydrogen) atoms. The van der Waals surface area contributed by atoms with Gasteiger partial charge in [-0.1, -0.05) is 67.9 Å². The maximum atomic E-state index is 13.7. The van der Waals surface area contributed by atoms with Gasteiger partial charge in [-0.05, 0) is 42.0 Å². The third-order valence-corrected chi connectivity index (χ3v) is 7.04. The Morgan fingerprint density at radius 2 is 1.83 bits per heavy atom. The first-order chi connectivity index (χ1) is 16.7. The van der Waals surface area contributed by atoms with Crippen molar-refractivity contribution in [2.45, 2.75) is 39.5 Å². The van der Waals surface area contributed by atoms with Crippen molar-refractivity contribution < 1.29 is 4.79 Å². The monoisotopic (exact) mass is 483 g/mol. The average Bonchev–Trinajstić information content (AvgIpc) is 3.19. The van der Waals surface area contributed by atoms with Gasteiger partial charge in [0.05, 0.1) is 17.6 Å². The Morgan fingerprint density at radius 3 is 2.49 bits per heavy atom. The van der Waals surface area contributed by atoms with Gasteiger partial charge in [-0.2, -0.15) is 10.4 Å². The molecule has 3 N–H and O–H groups in total. The number of nitrogens with zero attached hydrogens (tertiary/aromatic N) is 3. The van der Waals surface area contributed by atoms with Gasteiger partial charge in [0.2, 0.25) is 0 Å². The summed E-state index contributed by atoms with van der Waals surface area (Å²) in [7, 11) is 0. The van der Waals surface area contributed by atoms with Crippen LogP contribution in [0.15, 0.2) is 77.3 Å². The lowest BCUT2D eigenvalue weighted by atomic mass is 9.68. The number of halogens is 1. The number of aryl methyl sites for hydroxylation is 1. The van der Waals surface area contributed by atoms with Crippen LogP contribution in [0.1, 0.15) is 43.9 Å². The van der Waals surface area contributed by atoms with Crippen molar-refractivity contribution in [1.82, 2.24) is 10.2 Å². The van der Waals surface area contributed by atoms with E-state index >= 15 is 0 Å². The number of aromatic amines is 1. The molecule has 0 amide bonds. The van der Waals surface area contributed by atoms with Gasteiger partial charge in [0.25, 0.3) is 0 Å². The number of aromatic nitrogens is 2. The third kappa shape index (κ3) is 3.82. The first-order valence-corrected chi connectivity index (χ1v) is 11.9. The molecule has 0 radical (unpaired) electrons. The normalized spacial score (nSPS) is 19.6. The molecule has 0 saturated carbocycles. The first-order valence-electron chi connectivity index (χ1n) is 11.5. The summed E-state index contributed by atoms with van der Waals surface area (Å²) in [5.74, 6) is 0.356. The number of benzene rings is 2. The van der Waals surface area contributed by atoms with Crippen molar-refractivity contribution in [2.24, 2.45) is 11.1 Å². The Labute approximate surface area is 209 Å². The highest BCUT2D eigenvalue weighted by atomic mass is 35.5. The lowest BCUT2D eigenvalue weighted by Gasteiger charge is -2.43. The summed E-state index contributed by atoms with van der Waals surface area (Å²) in [4.78, 5) is 15.5. The number of ketones is 1. The number of H-pyrrole nitrogens is 1. The number of hydrogen-bond donors (Lipinski definition) is 2. The van der Waals surface area contributed by atoms with E-state index in [0.29, 0.717) is 40.6 Å². The minimum Gasteiger partial charge on any atom is -0.384 e. The number of hydrogen-bond acceptors (Lipinski definition) is 5. The van der Waals surface area contributed by atoms with Crippen molar-refractivity contribution in [3.05, 3.63) is 93.5 Å². The predicted molar refractivity (Wildman–Crippen MR) is 137 cm³/mol. The molecule has 1 atom stereocenters. The lowest BCUT2D eigenvalue weighted by Crippen LogP contribution is -2.42. The van der Waals surface area contributed by atoms with Crippen LogP contribution in [0.5, 0.6) is 0 Å². The quantitative estimate of drug-likeness (QED) is 0.477. The summed E-state index contributed by atoms with van der Waals surface area (Å²) in [5.41, 5.74) is 11.8. The number of anilines is 1. The van der Waals surface area contributed by atoms with E-state index in [1.54, 1.807) is 12.1 Å². The number of nitrogens with two attached hydrogens (primary N) is 1. The van der Waals surface area contributed by atoms with Crippen LogP contribution in [-0.2, 0) is 4.79 Å². The zero-order chi connectivity index (χ0) is 24.9. The van der Waals surface area contributed by atoms with E-state index in [9.17, 15) is 10.1 Å². The zero-order valence-corrected chi connectivity index (χ0v) is 20.6. The fourth-order valence-corrected chi connectivity index (χ4v) is 5.39. The Morgan fingerprint density at radius 1 is 1.14 bits per heavy atom. The van der Waals surface area contributed by atoms with Gasteiger partial charge >= 0.3 is 0 Å². The van der Waals surface area contributed by atoms with E-state index in [1.165, 1.54) is 0 Å². The van der Waals surface area contributed by atoms with Crippen molar-refractivity contribution in [3.63, 3.8) is 0 Å². The van der Waals surface area contributed by atoms with Crippen LogP contribution in [0.3, 0.4) is 0 Å². The second kappa shape index (κ2) is 8.44. The molecule has 2 aliphatic rings. The minimum atomic E-state index is -0.549. The molecule has 176 valence electrons. The number of allylic oxidation sites excluding steroid dienone is 3. The molecule has 3 aromatic rings. The maximum Gasteiger partial charge on any atom is 0.168 e. The van der Waals surface area contributed by atoms with Gasteiger partial charge in [0.1, 0.15) is 5.82 Å². The zero-order valence-electron chi connectivity index (χ0n) is 19.9. The molecule has 6 nitrogen and oxygen atoms in total. The van der Waals surface area contributed by atoms with Crippen LogP contribution < -0.4 is 10.6 Å². The highest BCUT2D eigenvalue weighted by Crippen LogP contribution is 2.51. The fourth-order valence-electron chi connectivity index (χ4n) is 5.27. The number of carbonyl (C=O) groups is 1. The van der Waals surface area contributed by atoms with E-state index in [4.69, 9.17) is 17.3 Å². The highest BCUT2D eigenvalue weighted by molar-refractivity contribution is 6.30. The smallest absolute Gasteiger partial charge is 0.168 e. The molecule has 1 aliphatic heterocycles. The van der Waals surface area contributed by atoms with Crippen LogP contribution >= 0.6 is 11.6 Å². The van der Waals surface area contributed by atoms with Crippen molar-refractivity contribution in [3.8, 4) is 17.2 Å². The number of rotatable bonds is 3. The van der Waals surface area contributed by atoms with Crippen LogP contribution in [0.2, 0.25) is 5.02 Å². The number of Topliss-reactive ketones (excluding diaryl/α,β-unsaturated/α-hetero) is 1. The Balaban J connectivity index is 1.79. The van der Waals surface area contributed by atoms with Gasteiger partial charge in [0, 0.05) is 34.0 Å². The summed E-state index contributed by atoms with van der Waals surface area (Å²) >= 11 is 6.13. The summed E-state index contributed by atoms with van der Waals surface area (Å²) < 4.78 is 0. The lowest BCUT2D eigenvalue weighted by molar-refractivity contribution is -0.118. The fraction of sp³-hybridized carbons (Fsp3) is 0.250. The first kappa shape index (κ1) is 22.9. The molecule has 0 fully saturated rings. The summed E-state index contributed by atoms with van der Waals surface area (Å²) in [6, 6.07) is 19.5. The third-order valence-electron chi connectivity index (χ3n) is 6.79. The Kier molecular flexibility index (Phi) is 5.53. The maximum absolute atomic E-state index is 13.7. The van der Waals surface area contributed by atoms with E-state index in [2.05, 4.69) is 30.1 Å². The summed E-state index contributed by atoms with van der Waals surface area (Å²) in [6.07, 6.45) is 1.02. The van der Waals surface area contributed by atoms with E-state index in [-0.39, 0.29) is 11.2 Å². The largest absolute Gasteiger partial charge is 0.384 e. The molecular weight excluding hydrogens is 458 g/mol. The van der Waals surface area contributed by atoms with Crippen molar-refractivity contribution in [2.75, 3.05) is 4.90 Å². The molecule has 2 heterocycles. The second-order valence-corrected chi connectivity index (χ2v) is 10.4. The van der Waals surface area contributed by atoms with Gasteiger partial charge in [-0.25, -0.2) is 0 Å². The molecule has 1 aromatic heterocycles. The molecule has 7 heteroatoms. The molecule has 2 aromatic carbocycles. The summed E-state index contributed by atoms with van der Waals surface area (Å²) in [6.45, 7) is 6.12. The number of nitriles is 1. The summed E-state index contributed by atoms with van der Waals surface area (Å²) in [5, 5.41) is 18.6. The predicted octanol–water partition coefficient (Wildman–Crippen LogP) is 5.98.